The Bertz CT molecular complexity index is 1810. The number of rotatable bonds is 11. The summed E-state index contributed by atoms with van der Waals surface area (Å²) in [6, 6.07) is 11.2. The Hall–Kier alpha value is -3.03. The molecular formula is C39H49Cl2N5O6. The van der Waals surface area contributed by atoms with Crippen molar-refractivity contribution >= 4 is 57.5 Å². The number of aryl methyl sites for hydroxylation is 1. The number of aliphatic carboxylic acids is 1. The minimum Gasteiger partial charge on any atom is -0.481 e. The van der Waals surface area contributed by atoms with Gasteiger partial charge >= 0.3 is 5.97 Å². The lowest BCUT2D eigenvalue weighted by atomic mass is 9.87. The number of likely N-dealkylation sites (tertiary alicyclic amines) is 2. The van der Waals surface area contributed by atoms with Crippen LogP contribution >= 0.6 is 23.2 Å². The predicted octanol–water partition coefficient (Wildman–Crippen LogP) is 6.05. The molecule has 4 aliphatic rings. The van der Waals surface area contributed by atoms with E-state index in [9.17, 15) is 14.7 Å². The Morgan fingerprint density at radius 2 is 1.62 bits per heavy atom. The fourth-order valence-corrected chi connectivity index (χ4v) is 9.18. The zero-order valence-corrected chi connectivity index (χ0v) is 31.7. The van der Waals surface area contributed by atoms with Crippen molar-refractivity contribution in [1.82, 2.24) is 19.3 Å². The Morgan fingerprint density at radius 3 is 2.29 bits per heavy atom. The molecule has 4 fully saturated rings. The first-order valence-electron chi connectivity index (χ1n) is 18.6. The highest BCUT2D eigenvalue weighted by Crippen LogP contribution is 2.40. The molecule has 3 aromatic rings. The van der Waals surface area contributed by atoms with Crippen LogP contribution in [0.1, 0.15) is 68.3 Å². The van der Waals surface area contributed by atoms with Gasteiger partial charge < -0.3 is 24.5 Å². The van der Waals surface area contributed by atoms with Crippen LogP contribution in [0, 0.1) is 5.92 Å². The third-order valence-electron chi connectivity index (χ3n) is 11.4. The Balaban J connectivity index is 1.15. The summed E-state index contributed by atoms with van der Waals surface area (Å²) < 4.78 is 15.0. The monoisotopic (exact) mass is 753 g/mol. The van der Waals surface area contributed by atoms with Crippen molar-refractivity contribution < 1.29 is 29.0 Å². The maximum absolute atomic E-state index is 15.0. The highest BCUT2D eigenvalue weighted by molar-refractivity contribution is 6.36. The Morgan fingerprint density at radius 1 is 0.942 bits per heavy atom. The van der Waals surface area contributed by atoms with E-state index in [0.29, 0.717) is 60.6 Å². The number of fused-ring (bicyclic) bond motifs is 1. The summed E-state index contributed by atoms with van der Waals surface area (Å²) in [5.41, 5.74) is 2.36. The quantitative estimate of drug-likeness (QED) is 0.242. The molecule has 11 nitrogen and oxygen atoms in total. The van der Waals surface area contributed by atoms with Crippen molar-refractivity contribution in [2.75, 3.05) is 44.6 Å². The summed E-state index contributed by atoms with van der Waals surface area (Å²) in [6.07, 6.45) is 5.88. The summed E-state index contributed by atoms with van der Waals surface area (Å²) in [6.45, 7) is 8.65. The number of carbonyl (C=O) groups is 3. The number of nitrogens with zero attached hydrogens (tertiary/aromatic N) is 4. The van der Waals surface area contributed by atoms with E-state index in [2.05, 4.69) is 33.9 Å². The minimum atomic E-state index is -1.33. The smallest absolute Gasteiger partial charge is 0.306 e. The van der Waals surface area contributed by atoms with E-state index in [-0.39, 0.29) is 47.5 Å². The third-order valence-corrected chi connectivity index (χ3v) is 12.0. The standard InChI is InChI=1S/C39H49Cl2N5O6/c1-24-19-44(20-25(2)51-24)28-21-46(22-28)39(45-14-6-7-15-45,52-29-12-10-26(11-13-29)38(49)50)36(47)17-27-16-33(41)34(18-32(27)40)42-37(48)31-23-43(3)35-9-5-4-8-30(31)35/h4-5,8-9,16,18,23-26,28-29H,6-7,10-15,17,19-22H2,1-3H3,(H,42,48)(H,49,50). The van der Waals surface area contributed by atoms with Crippen LogP contribution in [-0.2, 0) is 32.5 Å². The molecule has 1 aliphatic carbocycles. The lowest BCUT2D eigenvalue weighted by molar-refractivity contribution is -0.278. The number of ketones is 1. The number of anilines is 1. The number of benzene rings is 2. The lowest BCUT2D eigenvalue weighted by Gasteiger charge is -2.58. The molecule has 4 heterocycles. The van der Waals surface area contributed by atoms with Gasteiger partial charge in [-0.25, -0.2) is 0 Å². The molecular weight excluding hydrogens is 705 g/mol. The van der Waals surface area contributed by atoms with Gasteiger partial charge in [0, 0.05) is 80.9 Å². The number of aromatic nitrogens is 1. The molecule has 7 rings (SSSR count). The zero-order valence-electron chi connectivity index (χ0n) is 30.2. The molecule has 3 atom stereocenters. The number of halogens is 2. The predicted molar refractivity (Wildman–Crippen MR) is 201 cm³/mol. The van der Waals surface area contributed by atoms with Crippen LogP contribution in [0.3, 0.4) is 0 Å². The molecule has 1 aromatic heterocycles. The SMILES string of the molecule is CC1CN(C2CN(C(OC3CCC(C(=O)O)CC3)(C(=O)Cc3cc(Cl)c(NC(=O)c4cn(C)c5ccccc45)cc3Cl)N3CCCC3)C2)CC(C)O1. The van der Waals surface area contributed by atoms with Gasteiger partial charge in [0.25, 0.3) is 5.91 Å². The molecule has 0 radical (unpaired) electrons. The summed E-state index contributed by atoms with van der Waals surface area (Å²) >= 11 is 13.7. The van der Waals surface area contributed by atoms with Crippen LogP contribution in [-0.4, -0.2) is 112 Å². The van der Waals surface area contributed by atoms with Gasteiger partial charge in [0.05, 0.1) is 40.5 Å². The number of carboxylic acids is 1. The van der Waals surface area contributed by atoms with Crippen LogP contribution in [0.5, 0.6) is 0 Å². The van der Waals surface area contributed by atoms with Crippen molar-refractivity contribution in [3.05, 3.63) is 63.8 Å². The molecule has 0 spiro atoms. The number of hydrogen-bond donors (Lipinski definition) is 2. The number of ether oxygens (including phenoxy) is 2. The highest BCUT2D eigenvalue weighted by Gasteiger charge is 2.57. The van der Waals surface area contributed by atoms with Crippen molar-refractivity contribution in [1.29, 1.82) is 0 Å². The van der Waals surface area contributed by atoms with E-state index in [1.54, 1.807) is 18.3 Å². The molecule has 52 heavy (non-hydrogen) atoms. The van der Waals surface area contributed by atoms with Gasteiger partial charge in [0.2, 0.25) is 5.85 Å². The fraction of sp³-hybridized carbons (Fsp3) is 0.564. The van der Waals surface area contributed by atoms with Crippen molar-refractivity contribution in [2.45, 2.75) is 89.0 Å². The van der Waals surface area contributed by atoms with Gasteiger partial charge in [-0.15, -0.1) is 0 Å². The molecule has 2 aromatic carbocycles. The first-order chi connectivity index (χ1) is 24.9. The van der Waals surface area contributed by atoms with E-state index in [1.165, 1.54) is 0 Å². The molecule has 3 aliphatic heterocycles. The Labute approximate surface area is 315 Å². The second-order valence-electron chi connectivity index (χ2n) is 15.2. The minimum absolute atomic E-state index is 0.0239. The summed E-state index contributed by atoms with van der Waals surface area (Å²) in [5.74, 6) is -2.93. The highest BCUT2D eigenvalue weighted by atomic mass is 35.5. The maximum Gasteiger partial charge on any atom is 0.306 e. The maximum atomic E-state index is 15.0. The number of amides is 1. The molecule has 0 bridgehead atoms. The zero-order chi connectivity index (χ0) is 36.7. The van der Waals surface area contributed by atoms with Crippen LogP contribution in [0.4, 0.5) is 5.69 Å². The van der Waals surface area contributed by atoms with Crippen LogP contribution in [0.15, 0.2) is 42.6 Å². The molecule has 1 saturated carbocycles. The van der Waals surface area contributed by atoms with E-state index in [1.807, 2.05) is 35.9 Å². The van der Waals surface area contributed by atoms with Crippen LogP contribution in [0.2, 0.25) is 10.0 Å². The Kier molecular flexibility index (Phi) is 11.0. The fourth-order valence-electron chi connectivity index (χ4n) is 8.72. The van der Waals surface area contributed by atoms with Gasteiger partial charge in [-0.3, -0.25) is 29.1 Å². The topological polar surface area (TPSA) is 117 Å². The van der Waals surface area contributed by atoms with E-state index >= 15 is 4.79 Å². The van der Waals surface area contributed by atoms with Crippen molar-refractivity contribution in [3.8, 4) is 0 Å². The number of Topliss-reactive ketones (excluding diaryl/α,β-unsaturated/α-hetero) is 1. The molecule has 3 unspecified atom stereocenters. The van der Waals surface area contributed by atoms with Crippen molar-refractivity contribution in [2.24, 2.45) is 13.0 Å². The van der Waals surface area contributed by atoms with Crippen molar-refractivity contribution in [3.63, 3.8) is 0 Å². The van der Waals surface area contributed by atoms with E-state index in [0.717, 1.165) is 49.9 Å². The first kappa shape index (κ1) is 37.3. The largest absolute Gasteiger partial charge is 0.481 e. The lowest BCUT2D eigenvalue weighted by Crippen LogP contribution is -2.76. The molecule has 1 amide bonds. The molecule has 2 N–H and O–H groups in total. The number of carboxylic acid groups (broad SMARTS) is 1. The molecule has 3 saturated heterocycles. The summed E-state index contributed by atoms with van der Waals surface area (Å²) in [4.78, 5) is 47.1. The molecule has 13 heteroatoms. The summed E-state index contributed by atoms with van der Waals surface area (Å²) in [5, 5.41) is 14.0. The normalized spacial score (nSPS) is 26.2. The molecule has 280 valence electrons. The van der Waals surface area contributed by atoms with E-state index in [4.69, 9.17) is 32.7 Å². The number of hydrogen-bond acceptors (Lipinski definition) is 8. The van der Waals surface area contributed by atoms with Crippen LogP contribution < -0.4 is 5.32 Å². The number of para-hydroxylation sites is 1. The van der Waals surface area contributed by atoms with Gasteiger partial charge in [-0.2, -0.15) is 0 Å². The summed E-state index contributed by atoms with van der Waals surface area (Å²) in [7, 11) is 1.89. The van der Waals surface area contributed by atoms with Gasteiger partial charge in [-0.05, 0) is 76.1 Å². The number of nitrogens with one attached hydrogen (secondary N) is 1. The second kappa shape index (κ2) is 15.4. The average molecular weight is 755 g/mol. The van der Waals surface area contributed by atoms with Crippen LogP contribution in [0.25, 0.3) is 10.9 Å². The number of morpholine rings is 1. The average Bonchev–Trinajstić information content (AvgIpc) is 3.75. The van der Waals surface area contributed by atoms with Gasteiger partial charge in [-0.1, -0.05) is 41.4 Å². The second-order valence-corrected chi connectivity index (χ2v) is 16.0. The number of carbonyl (C=O) groups excluding carboxylic acids is 2. The van der Waals surface area contributed by atoms with Gasteiger partial charge in [0.1, 0.15) is 0 Å². The van der Waals surface area contributed by atoms with Gasteiger partial charge in [0.15, 0.2) is 5.78 Å². The van der Waals surface area contributed by atoms with E-state index < -0.39 is 17.7 Å². The third kappa shape index (κ3) is 7.38. The first-order valence-corrected chi connectivity index (χ1v) is 19.4.